The predicted octanol–water partition coefficient (Wildman–Crippen LogP) is 4.53. The van der Waals surface area contributed by atoms with Crippen LogP contribution >= 0.6 is 0 Å². The molecule has 1 heterocycles. The monoisotopic (exact) mass is 330 g/mol. The fourth-order valence-electron chi connectivity index (χ4n) is 2.85. The van der Waals surface area contributed by atoms with Gasteiger partial charge in [0.2, 0.25) is 0 Å². The first kappa shape index (κ1) is 16.9. The third kappa shape index (κ3) is 3.94. The third-order valence-electron chi connectivity index (χ3n) is 4.44. The van der Waals surface area contributed by atoms with Crippen molar-refractivity contribution in [2.45, 2.75) is 26.8 Å². The van der Waals surface area contributed by atoms with E-state index in [2.05, 4.69) is 42.3 Å². The molecule has 0 fully saturated rings. The number of carbonyl (C=O) groups excluding carboxylic acids is 1. The van der Waals surface area contributed by atoms with Gasteiger partial charge >= 0.3 is 0 Å². The molecule has 0 aliphatic heterocycles. The second kappa shape index (κ2) is 7.31. The van der Waals surface area contributed by atoms with Crippen LogP contribution in [0.1, 0.15) is 44.2 Å². The van der Waals surface area contributed by atoms with Gasteiger partial charge in [0, 0.05) is 18.0 Å². The molecule has 2 aromatic carbocycles. The number of carbonyl (C=O) groups is 1. The first-order valence-electron chi connectivity index (χ1n) is 8.39. The first-order valence-corrected chi connectivity index (χ1v) is 8.39. The molecule has 1 N–H and O–H groups in total. The Labute approximate surface area is 148 Å². The molecular weight excluding hydrogens is 308 g/mol. The summed E-state index contributed by atoms with van der Waals surface area (Å²) in [6.07, 6.45) is 3.54. The van der Waals surface area contributed by atoms with E-state index in [4.69, 9.17) is 0 Å². The zero-order valence-electron chi connectivity index (χ0n) is 14.8. The molecule has 1 amide bonds. The van der Waals surface area contributed by atoms with E-state index < -0.39 is 0 Å². The average Bonchev–Trinajstić information content (AvgIpc) is 2.62. The van der Waals surface area contributed by atoms with Crippen molar-refractivity contribution in [1.82, 2.24) is 10.3 Å². The number of amides is 1. The summed E-state index contributed by atoms with van der Waals surface area (Å²) in [6, 6.07) is 17.6. The normalized spacial score (nSPS) is 11.8. The van der Waals surface area contributed by atoms with Gasteiger partial charge in [-0.25, -0.2) is 0 Å². The minimum Gasteiger partial charge on any atom is -0.341 e. The van der Waals surface area contributed by atoms with Crippen molar-refractivity contribution in [2.24, 2.45) is 0 Å². The molecule has 3 aromatic rings. The molecule has 1 aromatic heterocycles. The van der Waals surface area contributed by atoms with Gasteiger partial charge < -0.3 is 5.32 Å². The summed E-state index contributed by atoms with van der Waals surface area (Å²) in [4.78, 5) is 17.0. The van der Waals surface area contributed by atoms with Crippen LogP contribution in [-0.2, 0) is 0 Å². The molecule has 3 heteroatoms. The third-order valence-corrected chi connectivity index (χ3v) is 4.44. The van der Waals surface area contributed by atoms with Crippen molar-refractivity contribution in [3.05, 3.63) is 100 Å². The van der Waals surface area contributed by atoms with Crippen LogP contribution in [0.5, 0.6) is 0 Å². The Bertz CT molecular complexity index is 888. The summed E-state index contributed by atoms with van der Waals surface area (Å²) < 4.78 is 0. The van der Waals surface area contributed by atoms with E-state index >= 15 is 0 Å². The lowest BCUT2D eigenvalue weighted by Crippen LogP contribution is -2.29. The van der Waals surface area contributed by atoms with Gasteiger partial charge in [-0.05, 0) is 61.2 Å². The van der Waals surface area contributed by atoms with E-state index in [0.717, 1.165) is 16.7 Å². The van der Waals surface area contributed by atoms with Crippen LogP contribution in [0.25, 0.3) is 0 Å². The highest BCUT2D eigenvalue weighted by Crippen LogP contribution is 2.24. The molecule has 3 rings (SSSR count). The van der Waals surface area contributed by atoms with Gasteiger partial charge in [0.1, 0.15) is 0 Å². The van der Waals surface area contributed by atoms with E-state index in [9.17, 15) is 4.79 Å². The second-order valence-corrected chi connectivity index (χ2v) is 6.41. The van der Waals surface area contributed by atoms with Crippen LogP contribution in [-0.4, -0.2) is 10.9 Å². The van der Waals surface area contributed by atoms with E-state index in [-0.39, 0.29) is 11.9 Å². The zero-order chi connectivity index (χ0) is 17.8. The first-order chi connectivity index (χ1) is 12.0. The maximum Gasteiger partial charge on any atom is 0.252 e. The van der Waals surface area contributed by atoms with Crippen LogP contribution in [0.4, 0.5) is 0 Å². The topological polar surface area (TPSA) is 42.0 Å². The number of rotatable bonds is 4. The van der Waals surface area contributed by atoms with Crippen molar-refractivity contribution in [3.63, 3.8) is 0 Å². The number of benzene rings is 2. The van der Waals surface area contributed by atoms with Crippen molar-refractivity contribution < 1.29 is 4.79 Å². The number of hydrogen-bond acceptors (Lipinski definition) is 2. The van der Waals surface area contributed by atoms with E-state index in [1.54, 1.807) is 12.4 Å². The highest BCUT2D eigenvalue weighted by Gasteiger charge is 2.18. The average molecular weight is 330 g/mol. The molecule has 1 unspecified atom stereocenters. The lowest BCUT2D eigenvalue weighted by Gasteiger charge is -2.20. The summed E-state index contributed by atoms with van der Waals surface area (Å²) in [5.41, 5.74) is 6.19. The molecule has 126 valence electrons. The SMILES string of the molecule is Cc1cccc(C(=O)NC(c2cccnc2)c2ccc(C)c(C)c2)c1. The standard InChI is InChI=1S/C22H22N2O/c1-15-6-4-7-19(12-15)22(25)24-21(20-8-5-11-23-14-20)18-10-9-16(2)17(3)13-18/h4-14,21H,1-3H3,(H,24,25). The van der Waals surface area contributed by atoms with Gasteiger partial charge in [-0.1, -0.05) is 42.0 Å². The van der Waals surface area contributed by atoms with Gasteiger partial charge in [-0.2, -0.15) is 0 Å². The molecule has 1 atom stereocenters. The Morgan fingerprint density at radius 3 is 2.44 bits per heavy atom. The molecule has 0 bridgehead atoms. The molecule has 0 saturated heterocycles. The molecule has 25 heavy (non-hydrogen) atoms. The van der Waals surface area contributed by atoms with E-state index in [1.807, 2.05) is 43.3 Å². The van der Waals surface area contributed by atoms with Crippen molar-refractivity contribution in [1.29, 1.82) is 0 Å². The summed E-state index contributed by atoms with van der Waals surface area (Å²) in [7, 11) is 0. The molecule has 0 spiro atoms. The van der Waals surface area contributed by atoms with Crippen molar-refractivity contribution in [3.8, 4) is 0 Å². The summed E-state index contributed by atoms with van der Waals surface area (Å²) in [5.74, 6) is -0.0872. The molecule has 0 saturated carbocycles. The highest BCUT2D eigenvalue weighted by atomic mass is 16.1. The van der Waals surface area contributed by atoms with Crippen molar-refractivity contribution >= 4 is 5.91 Å². The largest absolute Gasteiger partial charge is 0.341 e. The predicted molar refractivity (Wildman–Crippen MR) is 101 cm³/mol. The van der Waals surface area contributed by atoms with E-state index in [0.29, 0.717) is 5.56 Å². The zero-order valence-corrected chi connectivity index (χ0v) is 14.8. The van der Waals surface area contributed by atoms with Gasteiger partial charge in [-0.15, -0.1) is 0 Å². The van der Waals surface area contributed by atoms with Gasteiger partial charge in [-0.3, -0.25) is 9.78 Å². The summed E-state index contributed by atoms with van der Waals surface area (Å²) in [6.45, 7) is 6.16. The van der Waals surface area contributed by atoms with Gasteiger partial charge in [0.05, 0.1) is 6.04 Å². The minimum absolute atomic E-state index is 0.0872. The minimum atomic E-state index is -0.235. The molecule has 0 aliphatic carbocycles. The lowest BCUT2D eigenvalue weighted by atomic mass is 9.96. The van der Waals surface area contributed by atoms with Crippen LogP contribution in [0, 0.1) is 20.8 Å². The van der Waals surface area contributed by atoms with Crippen LogP contribution in [0.3, 0.4) is 0 Å². The number of aryl methyl sites for hydroxylation is 3. The number of nitrogens with one attached hydrogen (secondary N) is 1. The number of nitrogens with zero attached hydrogens (tertiary/aromatic N) is 1. The Morgan fingerprint density at radius 2 is 1.76 bits per heavy atom. The van der Waals surface area contributed by atoms with Crippen molar-refractivity contribution in [2.75, 3.05) is 0 Å². The molecule has 0 radical (unpaired) electrons. The fraction of sp³-hybridized carbons (Fsp3) is 0.182. The Hall–Kier alpha value is -2.94. The number of aromatic nitrogens is 1. The van der Waals surface area contributed by atoms with Crippen LogP contribution < -0.4 is 5.32 Å². The summed E-state index contributed by atoms with van der Waals surface area (Å²) in [5, 5.41) is 3.16. The Morgan fingerprint density at radius 1 is 0.920 bits per heavy atom. The van der Waals surface area contributed by atoms with E-state index in [1.165, 1.54) is 11.1 Å². The molecule has 0 aliphatic rings. The Balaban J connectivity index is 1.97. The molecule has 3 nitrogen and oxygen atoms in total. The maximum absolute atomic E-state index is 12.8. The number of hydrogen-bond donors (Lipinski definition) is 1. The van der Waals surface area contributed by atoms with Gasteiger partial charge in [0.25, 0.3) is 5.91 Å². The fourth-order valence-corrected chi connectivity index (χ4v) is 2.85. The summed E-state index contributed by atoms with van der Waals surface area (Å²) >= 11 is 0. The maximum atomic E-state index is 12.8. The van der Waals surface area contributed by atoms with Gasteiger partial charge in [0.15, 0.2) is 0 Å². The second-order valence-electron chi connectivity index (χ2n) is 6.41. The smallest absolute Gasteiger partial charge is 0.252 e. The Kier molecular flexibility index (Phi) is 4.94. The quantitative estimate of drug-likeness (QED) is 0.764. The highest BCUT2D eigenvalue weighted by molar-refractivity contribution is 5.94. The lowest BCUT2D eigenvalue weighted by molar-refractivity contribution is 0.0943. The molecular formula is C22H22N2O. The van der Waals surface area contributed by atoms with Crippen LogP contribution in [0.2, 0.25) is 0 Å². The number of pyridine rings is 1. The van der Waals surface area contributed by atoms with Crippen LogP contribution in [0.15, 0.2) is 67.0 Å².